The molecule has 0 saturated heterocycles. The van der Waals surface area contributed by atoms with Crippen molar-refractivity contribution in [2.45, 2.75) is 20.0 Å². The van der Waals surface area contributed by atoms with Gasteiger partial charge in [-0.15, -0.1) is 0 Å². The smallest absolute Gasteiger partial charge is 0.336 e. The van der Waals surface area contributed by atoms with Crippen LogP contribution in [0.25, 0.3) is 6.08 Å². The standard InChI is InChI=1S/C26H26O5/c1-3-17-29-24-15-9-20(18-25(24)28-2)10-16-26(27)31-23-13-11-22(12-14-23)30-19-21-7-5-4-6-8-21/h4-16,18H,3,17,19H2,1-2H3/b16-10+. The molecule has 0 spiro atoms. The SMILES string of the molecule is CCCOc1ccc(/C=C/C(=O)Oc2ccc(OCc3ccccc3)cc2)cc1OC. The van der Waals surface area contributed by atoms with E-state index < -0.39 is 5.97 Å². The lowest BCUT2D eigenvalue weighted by Crippen LogP contribution is -2.03. The maximum atomic E-state index is 12.1. The molecule has 3 aromatic carbocycles. The van der Waals surface area contributed by atoms with Gasteiger partial charge in [0.2, 0.25) is 0 Å². The monoisotopic (exact) mass is 418 g/mol. The van der Waals surface area contributed by atoms with Crippen molar-refractivity contribution in [3.63, 3.8) is 0 Å². The van der Waals surface area contributed by atoms with Gasteiger partial charge in [0.15, 0.2) is 11.5 Å². The molecule has 0 fully saturated rings. The lowest BCUT2D eigenvalue weighted by atomic mass is 10.2. The molecule has 5 heteroatoms. The average molecular weight is 418 g/mol. The van der Waals surface area contributed by atoms with Gasteiger partial charge in [-0.25, -0.2) is 4.79 Å². The van der Waals surface area contributed by atoms with Gasteiger partial charge in [0, 0.05) is 6.08 Å². The van der Waals surface area contributed by atoms with E-state index in [4.69, 9.17) is 18.9 Å². The minimum Gasteiger partial charge on any atom is -0.493 e. The molecule has 5 nitrogen and oxygen atoms in total. The molecule has 160 valence electrons. The molecule has 0 atom stereocenters. The predicted molar refractivity (Wildman–Crippen MR) is 121 cm³/mol. The van der Waals surface area contributed by atoms with Crippen LogP contribution in [0.2, 0.25) is 0 Å². The number of carbonyl (C=O) groups is 1. The first kappa shape index (κ1) is 22.0. The number of rotatable bonds is 10. The van der Waals surface area contributed by atoms with E-state index in [9.17, 15) is 4.79 Å². The highest BCUT2D eigenvalue weighted by atomic mass is 16.5. The van der Waals surface area contributed by atoms with Crippen LogP contribution < -0.4 is 18.9 Å². The second kappa shape index (κ2) is 11.5. The van der Waals surface area contributed by atoms with E-state index >= 15 is 0 Å². The largest absolute Gasteiger partial charge is 0.493 e. The molecule has 0 aliphatic carbocycles. The molecule has 0 saturated carbocycles. The van der Waals surface area contributed by atoms with Crippen LogP contribution in [-0.4, -0.2) is 19.7 Å². The van der Waals surface area contributed by atoms with Crippen molar-refractivity contribution in [3.8, 4) is 23.0 Å². The van der Waals surface area contributed by atoms with Crippen LogP contribution in [0, 0.1) is 0 Å². The highest BCUT2D eigenvalue weighted by molar-refractivity contribution is 5.88. The molecule has 0 aliphatic rings. The summed E-state index contributed by atoms with van der Waals surface area (Å²) in [4.78, 5) is 12.1. The number of methoxy groups -OCH3 is 1. The second-order valence-corrected chi connectivity index (χ2v) is 6.76. The van der Waals surface area contributed by atoms with Crippen molar-refractivity contribution in [2.75, 3.05) is 13.7 Å². The van der Waals surface area contributed by atoms with E-state index in [1.807, 2.05) is 55.5 Å². The van der Waals surface area contributed by atoms with Gasteiger partial charge in [-0.3, -0.25) is 0 Å². The third-order valence-electron chi connectivity index (χ3n) is 4.35. The van der Waals surface area contributed by atoms with Gasteiger partial charge in [-0.1, -0.05) is 43.3 Å². The average Bonchev–Trinajstić information content (AvgIpc) is 2.82. The maximum Gasteiger partial charge on any atom is 0.336 e. The van der Waals surface area contributed by atoms with Crippen LogP contribution in [0.1, 0.15) is 24.5 Å². The maximum absolute atomic E-state index is 12.1. The summed E-state index contributed by atoms with van der Waals surface area (Å²) in [7, 11) is 1.59. The Morgan fingerprint density at radius 3 is 2.32 bits per heavy atom. The lowest BCUT2D eigenvalue weighted by molar-refractivity contribution is -0.128. The first-order valence-electron chi connectivity index (χ1n) is 10.2. The molecule has 0 amide bonds. The first-order valence-corrected chi connectivity index (χ1v) is 10.2. The number of hydrogen-bond acceptors (Lipinski definition) is 5. The normalized spacial score (nSPS) is 10.6. The van der Waals surface area contributed by atoms with Crippen molar-refractivity contribution in [1.29, 1.82) is 0 Å². The molecule has 3 rings (SSSR count). The van der Waals surface area contributed by atoms with Crippen molar-refractivity contribution in [2.24, 2.45) is 0 Å². The summed E-state index contributed by atoms with van der Waals surface area (Å²) >= 11 is 0. The fraction of sp³-hybridized carbons (Fsp3) is 0.192. The molecule has 0 aromatic heterocycles. The summed E-state index contributed by atoms with van der Waals surface area (Å²) in [5.41, 5.74) is 1.90. The fourth-order valence-corrected chi connectivity index (χ4v) is 2.78. The summed E-state index contributed by atoms with van der Waals surface area (Å²) in [5.74, 6) is 1.98. The molecule has 0 bridgehead atoms. The van der Waals surface area contributed by atoms with Crippen LogP contribution in [0.5, 0.6) is 23.0 Å². The van der Waals surface area contributed by atoms with Crippen molar-refractivity contribution >= 4 is 12.0 Å². The Morgan fingerprint density at radius 2 is 1.61 bits per heavy atom. The molecular formula is C26H26O5. The summed E-state index contributed by atoms with van der Waals surface area (Å²) in [6.45, 7) is 3.14. The Hall–Kier alpha value is -3.73. The topological polar surface area (TPSA) is 54.0 Å². The van der Waals surface area contributed by atoms with Crippen molar-refractivity contribution in [3.05, 3.63) is 90.0 Å². The number of hydrogen-bond donors (Lipinski definition) is 0. The second-order valence-electron chi connectivity index (χ2n) is 6.76. The van der Waals surface area contributed by atoms with Gasteiger partial charge < -0.3 is 18.9 Å². The van der Waals surface area contributed by atoms with Gasteiger partial charge >= 0.3 is 5.97 Å². The van der Waals surface area contributed by atoms with Crippen LogP contribution in [0.4, 0.5) is 0 Å². The van der Waals surface area contributed by atoms with E-state index in [0.717, 1.165) is 17.5 Å². The van der Waals surface area contributed by atoms with Crippen LogP contribution in [0.15, 0.2) is 78.9 Å². The van der Waals surface area contributed by atoms with Crippen LogP contribution in [-0.2, 0) is 11.4 Å². The quantitative estimate of drug-likeness (QED) is 0.241. The fourth-order valence-electron chi connectivity index (χ4n) is 2.78. The van der Waals surface area contributed by atoms with Crippen LogP contribution in [0.3, 0.4) is 0 Å². The summed E-state index contributed by atoms with van der Waals surface area (Å²) in [6, 6.07) is 22.4. The van der Waals surface area contributed by atoms with E-state index in [1.54, 1.807) is 37.5 Å². The van der Waals surface area contributed by atoms with Gasteiger partial charge in [0.1, 0.15) is 18.1 Å². The molecule has 0 radical (unpaired) electrons. The number of ether oxygens (including phenoxy) is 4. The van der Waals surface area contributed by atoms with Gasteiger partial charge in [0.25, 0.3) is 0 Å². The minimum absolute atomic E-state index is 0.447. The van der Waals surface area contributed by atoms with E-state index in [2.05, 4.69) is 0 Å². The lowest BCUT2D eigenvalue weighted by Gasteiger charge is -2.10. The molecular weight excluding hydrogens is 392 g/mol. The van der Waals surface area contributed by atoms with Gasteiger partial charge in [-0.2, -0.15) is 0 Å². The van der Waals surface area contributed by atoms with Gasteiger partial charge in [0.05, 0.1) is 13.7 Å². The van der Waals surface area contributed by atoms with Crippen molar-refractivity contribution in [1.82, 2.24) is 0 Å². The molecule has 0 unspecified atom stereocenters. The predicted octanol–water partition coefficient (Wildman–Crippen LogP) is 5.68. The Morgan fingerprint density at radius 1 is 0.871 bits per heavy atom. The van der Waals surface area contributed by atoms with E-state index in [-0.39, 0.29) is 0 Å². The third kappa shape index (κ3) is 6.93. The van der Waals surface area contributed by atoms with E-state index in [0.29, 0.717) is 36.2 Å². The zero-order valence-electron chi connectivity index (χ0n) is 17.7. The third-order valence-corrected chi connectivity index (χ3v) is 4.35. The van der Waals surface area contributed by atoms with E-state index in [1.165, 1.54) is 6.08 Å². The Balaban J connectivity index is 1.53. The number of esters is 1. The molecule has 0 aliphatic heterocycles. The molecule has 0 N–H and O–H groups in total. The Kier molecular flexibility index (Phi) is 8.12. The zero-order chi connectivity index (χ0) is 21.9. The van der Waals surface area contributed by atoms with Crippen LogP contribution >= 0.6 is 0 Å². The van der Waals surface area contributed by atoms with Crippen molar-refractivity contribution < 1.29 is 23.7 Å². The molecule has 0 heterocycles. The van der Waals surface area contributed by atoms with Gasteiger partial charge in [-0.05, 0) is 60.0 Å². The molecule has 31 heavy (non-hydrogen) atoms. The highest BCUT2D eigenvalue weighted by Gasteiger charge is 2.06. The minimum atomic E-state index is -0.469. The Bertz CT molecular complexity index is 994. The Labute approximate surface area is 182 Å². The molecule has 3 aromatic rings. The number of benzene rings is 3. The summed E-state index contributed by atoms with van der Waals surface area (Å²) in [5, 5.41) is 0. The number of carbonyl (C=O) groups excluding carboxylic acids is 1. The zero-order valence-corrected chi connectivity index (χ0v) is 17.7. The summed E-state index contributed by atoms with van der Waals surface area (Å²) < 4.78 is 22.1. The summed E-state index contributed by atoms with van der Waals surface area (Å²) in [6.07, 6.45) is 3.96. The highest BCUT2D eigenvalue weighted by Crippen LogP contribution is 2.28. The first-order chi connectivity index (χ1) is 15.2.